The Balaban J connectivity index is 1.66. The normalized spacial score (nSPS) is 15.0. The average molecular weight is 507 g/mol. The second-order valence-corrected chi connectivity index (χ2v) is 8.35. The van der Waals surface area contributed by atoms with E-state index in [1.54, 1.807) is 18.2 Å². The number of rotatable bonds is 5. The van der Waals surface area contributed by atoms with Gasteiger partial charge in [-0.1, -0.05) is 45.8 Å². The van der Waals surface area contributed by atoms with Crippen LogP contribution >= 0.6 is 15.9 Å². The summed E-state index contributed by atoms with van der Waals surface area (Å²) >= 11 is 3.40. The van der Waals surface area contributed by atoms with E-state index < -0.39 is 17.8 Å². The van der Waals surface area contributed by atoms with Crippen LogP contribution in [0.25, 0.3) is 6.08 Å². The number of phenolic OH excluding ortho intramolecular Hbond substituents is 1. The number of phenols is 1. The highest BCUT2D eigenvalue weighted by molar-refractivity contribution is 9.10. The highest BCUT2D eigenvalue weighted by atomic mass is 79.9. The van der Waals surface area contributed by atoms with E-state index in [1.165, 1.54) is 30.3 Å². The molecule has 1 fully saturated rings. The molecule has 3 aromatic rings. The van der Waals surface area contributed by atoms with Gasteiger partial charge in [0.05, 0.1) is 5.69 Å². The lowest BCUT2D eigenvalue weighted by atomic mass is 10.1. The minimum atomic E-state index is -0.863. The second-order valence-electron chi connectivity index (χ2n) is 7.43. The van der Waals surface area contributed by atoms with Gasteiger partial charge in [-0.05, 0) is 61.0 Å². The number of nitrogens with zero attached hydrogens (tertiary/aromatic N) is 1. The molecule has 166 valence electrons. The molecule has 0 spiro atoms. The Bertz CT molecular complexity index is 1270. The lowest BCUT2D eigenvalue weighted by Crippen LogP contribution is -2.54. The molecule has 7 nitrogen and oxygen atoms in total. The Morgan fingerprint density at radius 2 is 1.70 bits per heavy atom. The van der Waals surface area contributed by atoms with Crippen molar-refractivity contribution in [3.8, 4) is 11.5 Å². The number of carbonyl (C=O) groups is 3. The minimum Gasteiger partial charge on any atom is -0.508 e. The first-order valence-electron chi connectivity index (χ1n) is 10.0. The van der Waals surface area contributed by atoms with Crippen LogP contribution in [0.15, 0.2) is 76.8 Å². The molecule has 0 bridgehead atoms. The zero-order chi connectivity index (χ0) is 23.5. The summed E-state index contributed by atoms with van der Waals surface area (Å²) in [5.74, 6) is -1.12. The third kappa shape index (κ3) is 4.96. The van der Waals surface area contributed by atoms with Crippen LogP contribution in [-0.2, 0) is 16.2 Å². The molecule has 0 saturated carbocycles. The van der Waals surface area contributed by atoms with Gasteiger partial charge in [-0.2, -0.15) is 0 Å². The summed E-state index contributed by atoms with van der Waals surface area (Å²) in [6.07, 6.45) is 1.40. The van der Waals surface area contributed by atoms with Gasteiger partial charge < -0.3 is 9.84 Å². The van der Waals surface area contributed by atoms with Gasteiger partial charge in [-0.3, -0.25) is 14.9 Å². The summed E-state index contributed by atoms with van der Waals surface area (Å²) < 4.78 is 6.69. The second kappa shape index (κ2) is 9.30. The Labute approximate surface area is 198 Å². The molecule has 2 N–H and O–H groups in total. The lowest BCUT2D eigenvalue weighted by molar-refractivity contribution is -0.122. The van der Waals surface area contributed by atoms with Gasteiger partial charge in [-0.25, -0.2) is 9.69 Å². The number of aryl methyl sites for hydroxylation is 1. The standard InChI is InChI=1S/C25H19BrN2O5/c1-15-2-4-16(5-3-15)14-33-22-11-6-18(26)12-17(22)13-21-23(30)27-25(32)28(24(21)31)19-7-9-20(29)10-8-19/h2-13,29H,14H2,1H3,(H,27,30,32)/b21-13+. The fraction of sp³-hybridized carbons (Fsp3) is 0.0800. The molecule has 1 heterocycles. The summed E-state index contributed by atoms with van der Waals surface area (Å²) in [5.41, 5.74) is 2.61. The van der Waals surface area contributed by atoms with E-state index in [2.05, 4.69) is 21.2 Å². The predicted molar refractivity (Wildman–Crippen MR) is 127 cm³/mol. The molecule has 1 aliphatic heterocycles. The number of anilines is 1. The Kier molecular flexibility index (Phi) is 6.28. The van der Waals surface area contributed by atoms with Crippen LogP contribution < -0.4 is 15.0 Å². The molecule has 0 atom stereocenters. The first-order chi connectivity index (χ1) is 15.8. The van der Waals surface area contributed by atoms with Crippen molar-refractivity contribution >= 4 is 45.5 Å². The quantitative estimate of drug-likeness (QED) is 0.385. The Morgan fingerprint density at radius 1 is 1.00 bits per heavy atom. The monoisotopic (exact) mass is 506 g/mol. The fourth-order valence-corrected chi connectivity index (χ4v) is 3.64. The predicted octanol–water partition coefficient (Wildman–Crippen LogP) is 4.71. The topological polar surface area (TPSA) is 95.9 Å². The molecule has 0 radical (unpaired) electrons. The first kappa shape index (κ1) is 22.3. The van der Waals surface area contributed by atoms with Gasteiger partial charge >= 0.3 is 6.03 Å². The largest absolute Gasteiger partial charge is 0.508 e. The van der Waals surface area contributed by atoms with Crippen molar-refractivity contribution in [1.29, 1.82) is 0 Å². The molecule has 1 aliphatic rings. The summed E-state index contributed by atoms with van der Waals surface area (Å²) in [6, 6.07) is 17.8. The number of carbonyl (C=O) groups excluding carboxylic acids is 3. The SMILES string of the molecule is Cc1ccc(COc2ccc(Br)cc2/C=C2\C(=O)NC(=O)N(c3ccc(O)cc3)C2=O)cc1. The van der Waals surface area contributed by atoms with E-state index in [-0.39, 0.29) is 17.0 Å². The van der Waals surface area contributed by atoms with E-state index in [9.17, 15) is 19.5 Å². The van der Waals surface area contributed by atoms with E-state index in [0.717, 1.165) is 20.5 Å². The molecule has 0 aromatic heterocycles. The van der Waals surface area contributed by atoms with E-state index in [1.807, 2.05) is 31.2 Å². The highest BCUT2D eigenvalue weighted by Crippen LogP contribution is 2.29. The Hall–Kier alpha value is -3.91. The third-order valence-electron chi connectivity index (χ3n) is 5.00. The van der Waals surface area contributed by atoms with Gasteiger partial charge in [0, 0.05) is 10.0 Å². The number of urea groups is 1. The van der Waals surface area contributed by atoms with Crippen molar-refractivity contribution in [3.05, 3.63) is 93.5 Å². The molecule has 3 aromatic carbocycles. The molecular weight excluding hydrogens is 488 g/mol. The van der Waals surface area contributed by atoms with Gasteiger partial charge in [0.2, 0.25) is 0 Å². The van der Waals surface area contributed by atoms with Crippen molar-refractivity contribution < 1.29 is 24.2 Å². The number of aromatic hydroxyl groups is 1. The number of halogens is 1. The number of ether oxygens (including phenoxy) is 1. The number of imide groups is 2. The molecular formula is C25H19BrN2O5. The zero-order valence-corrected chi connectivity index (χ0v) is 19.1. The molecule has 4 amide bonds. The van der Waals surface area contributed by atoms with Gasteiger partial charge in [0.15, 0.2) is 0 Å². The third-order valence-corrected chi connectivity index (χ3v) is 5.49. The van der Waals surface area contributed by atoms with Gasteiger partial charge in [0.25, 0.3) is 11.8 Å². The molecule has 4 rings (SSSR count). The van der Waals surface area contributed by atoms with Crippen LogP contribution in [0.2, 0.25) is 0 Å². The lowest BCUT2D eigenvalue weighted by Gasteiger charge is -2.26. The van der Waals surface area contributed by atoms with Crippen LogP contribution in [0.1, 0.15) is 16.7 Å². The van der Waals surface area contributed by atoms with E-state index in [4.69, 9.17) is 4.74 Å². The van der Waals surface area contributed by atoms with Crippen LogP contribution in [0, 0.1) is 6.92 Å². The van der Waals surface area contributed by atoms with Gasteiger partial charge in [0.1, 0.15) is 23.7 Å². The van der Waals surface area contributed by atoms with E-state index >= 15 is 0 Å². The summed E-state index contributed by atoms with van der Waals surface area (Å²) in [4.78, 5) is 38.8. The number of amides is 4. The van der Waals surface area contributed by atoms with Crippen molar-refractivity contribution in [2.24, 2.45) is 0 Å². The molecule has 33 heavy (non-hydrogen) atoms. The number of hydrogen-bond donors (Lipinski definition) is 2. The smallest absolute Gasteiger partial charge is 0.335 e. The van der Waals surface area contributed by atoms with Crippen LogP contribution in [0.3, 0.4) is 0 Å². The van der Waals surface area contributed by atoms with Crippen molar-refractivity contribution in [3.63, 3.8) is 0 Å². The molecule has 0 aliphatic carbocycles. The van der Waals surface area contributed by atoms with Crippen molar-refractivity contribution in [1.82, 2.24) is 5.32 Å². The van der Waals surface area contributed by atoms with Crippen LogP contribution in [0.5, 0.6) is 11.5 Å². The highest BCUT2D eigenvalue weighted by Gasteiger charge is 2.37. The average Bonchev–Trinajstić information content (AvgIpc) is 2.78. The number of hydrogen-bond acceptors (Lipinski definition) is 5. The summed E-state index contributed by atoms with van der Waals surface area (Å²) in [6.45, 7) is 2.30. The molecule has 0 unspecified atom stereocenters. The molecule has 8 heteroatoms. The van der Waals surface area contributed by atoms with Crippen LogP contribution in [0.4, 0.5) is 10.5 Å². The van der Waals surface area contributed by atoms with Crippen LogP contribution in [-0.4, -0.2) is 23.0 Å². The number of nitrogens with one attached hydrogen (secondary N) is 1. The fourth-order valence-electron chi connectivity index (χ4n) is 3.26. The summed E-state index contributed by atoms with van der Waals surface area (Å²) in [5, 5.41) is 11.7. The van der Waals surface area contributed by atoms with E-state index in [0.29, 0.717) is 17.9 Å². The number of benzene rings is 3. The zero-order valence-electron chi connectivity index (χ0n) is 17.5. The minimum absolute atomic E-state index is 0.0139. The van der Waals surface area contributed by atoms with Gasteiger partial charge in [-0.15, -0.1) is 0 Å². The van der Waals surface area contributed by atoms with Crippen molar-refractivity contribution in [2.45, 2.75) is 13.5 Å². The maximum absolute atomic E-state index is 13.1. The maximum atomic E-state index is 13.1. The Morgan fingerprint density at radius 3 is 2.39 bits per heavy atom. The number of barbiturate groups is 1. The van der Waals surface area contributed by atoms with Crippen molar-refractivity contribution in [2.75, 3.05) is 4.90 Å². The summed E-state index contributed by atoms with van der Waals surface area (Å²) in [7, 11) is 0. The molecule has 1 saturated heterocycles. The first-order valence-corrected chi connectivity index (χ1v) is 10.8. The maximum Gasteiger partial charge on any atom is 0.335 e.